The largest absolute Gasteiger partial charge is 0.384 e. The zero-order chi connectivity index (χ0) is 25.4. The van der Waals surface area contributed by atoms with Gasteiger partial charge in [0.2, 0.25) is 0 Å². The van der Waals surface area contributed by atoms with Crippen LogP contribution in [0.5, 0.6) is 0 Å². The van der Waals surface area contributed by atoms with Gasteiger partial charge in [-0.2, -0.15) is 0 Å². The van der Waals surface area contributed by atoms with Crippen LogP contribution in [0.2, 0.25) is 0 Å². The lowest BCUT2D eigenvalue weighted by molar-refractivity contribution is 0.104. The molecule has 0 amide bonds. The SMILES string of the molecule is CCOCCCNc1cc(N2CCN(c3ccc(F)cc3)CC2)c2noc3c2c1C(=O)c1ccccc1-3. The van der Waals surface area contributed by atoms with Crippen molar-refractivity contribution in [3.63, 3.8) is 0 Å². The Labute approximate surface area is 214 Å². The summed E-state index contributed by atoms with van der Waals surface area (Å²) in [6, 6.07) is 16.2. The Bertz CT molecular complexity index is 1440. The molecule has 7 nitrogen and oxygen atoms in total. The topological polar surface area (TPSA) is 70.8 Å². The number of carbonyl (C=O) groups is 1. The standard InChI is InChI=1S/C29H29FN4O3/c1-2-36-17-5-12-31-23-18-24(34-15-13-33(14-16-34)20-10-8-19(30)9-11-20)27-26-25(23)28(35)21-6-3-4-7-22(21)29(26)37-32-27/h3-4,6-11,18,31H,2,5,12-17H2,1H3. The molecular formula is C29H29FN4O3. The number of hydrogen-bond acceptors (Lipinski definition) is 7. The Hall–Kier alpha value is -3.91. The molecule has 190 valence electrons. The predicted octanol–water partition coefficient (Wildman–Crippen LogP) is 5.34. The van der Waals surface area contributed by atoms with Crippen LogP contribution in [0, 0.1) is 5.82 Å². The summed E-state index contributed by atoms with van der Waals surface area (Å²) in [5.74, 6) is 0.395. The summed E-state index contributed by atoms with van der Waals surface area (Å²) in [6.45, 7) is 7.13. The average Bonchev–Trinajstić information content (AvgIpc) is 3.38. The number of nitrogens with zero attached hydrogens (tertiary/aromatic N) is 3. The van der Waals surface area contributed by atoms with E-state index in [4.69, 9.17) is 9.26 Å². The van der Waals surface area contributed by atoms with E-state index in [1.165, 1.54) is 12.1 Å². The zero-order valence-electron chi connectivity index (χ0n) is 20.8. The van der Waals surface area contributed by atoms with Crippen LogP contribution in [0.1, 0.15) is 29.3 Å². The maximum Gasteiger partial charge on any atom is 0.196 e. The van der Waals surface area contributed by atoms with Crippen molar-refractivity contribution in [3.8, 4) is 11.3 Å². The highest BCUT2D eigenvalue weighted by molar-refractivity contribution is 6.28. The number of anilines is 3. The van der Waals surface area contributed by atoms with Crippen LogP contribution in [-0.2, 0) is 4.74 Å². The van der Waals surface area contributed by atoms with Crippen LogP contribution in [-0.4, -0.2) is 56.9 Å². The molecule has 0 saturated carbocycles. The van der Waals surface area contributed by atoms with E-state index in [0.29, 0.717) is 42.2 Å². The summed E-state index contributed by atoms with van der Waals surface area (Å²) in [7, 11) is 0. The van der Waals surface area contributed by atoms with Crippen LogP contribution in [0.15, 0.2) is 59.1 Å². The van der Waals surface area contributed by atoms with Crippen LogP contribution in [0.3, 0.4) is 0 Å². The molecular weight excluding hydrogens is 471 g/mol. The van der Waals surface area contributed by atoms with Crippen LogP contribution in [0.25, 0.3) is 22.2 Å². The number of carbonyl (C=O) groups excluding carboxylic acids is 1. The summed E-state index contributed by atoms with van der Waals surface area (Å²) >= 11 is 0. The molecule has 2 aliphatic rings. The van der Waals surface area contributed by atoms with Crippen LogP contribution < -0.4 is 15.1 Å². The minimum atomic E-state index is -0.231. The number of fused-ring (bicyclic) bond motifs is 2. The monoisotopic (exact) mass is 500 g/mol. The van der Waals surface area contributed by atoms with Crippen molar-refractivity contribution >= 4 is 33.7 Å². The Morgan fingerprint density at radius 1 is 1.03 bits per heavy atom. The maximum atomic E-state index is 13.7. The first kappa shape index (κ1) is 23.5. The van der Waals surface area contributed by atoms with E-state index < -0.39 is 0 Å². The van der Waals surface area contributed by atoms with Gasteiger partial charge in [-0.1, -0.05) is 29.4 Å². The van der Waals surface area contributed by atoms with Crippen molar-refractivity contribution in [2.75, 3.05) is 61.1 Å². The molecule has 1 N–H and O–H groups in total. The molecule has 0 bridgehead atoms. The molecule has 4 aromatic rings. The Morgan fingerprint density at radius 3 is 2.51 bits per heavy atom. The first-order chi connectivity index (χ1) is 18.2. The molecule has 1 saturated heterocycles. The second kappa shape index (κ2) is 9.86. The molecule has 1 aromatic heterocycles. The summed E-state index contributed by atoms with van der Waals surface area (Å²) in [5, 5.41) is 8.75. The van der Waals surface area contributed by atoms with E-state index in [9.17, 15) is 9.18 Å². The van der Waals surface area contributed by atoms with Gasteiger partial charge in [-0.05, 0) is 43.7 Å². The smallest absolute Gasteiger partial charge is 0.196 e. The Balaban J connectivity index is 1.36. The fourth-order valence-electron chi connectivity index (χ4n) is 5.32. The highest BCUT2D eigenvalue weighted by Gasteiger charge is 2.34. The molecule has 0 atom stereocenters. The average molecular weight is 501 g/mol. The molecule has 1 fully saturated rings. The third kappa shape index (κ3) is 4.21. The van der Waals surface area contributed by atoms with E-state index in [2.05, 4.69) is 20.3 Å². The highest BCUT2D eigenvalue weighted by Crippen LogP contribution is 2.46. The lowest BCUT2D eigenvalue weighted by Gasteiger charge is -2.37. The molecule has 8 heteroatoms. The van der Waals surface area contributed by atoms with Gasteiger partial charge in [0, 0.05) is 68.4 Å². The second-order valence-electron chi connectivity index (χ2n) is 9.36. The number of benzene rings is 3. The van der Waals surface area contributed by atoms with Gasteiger partial charge in [-0.15, -0.1) is 0 Å². The lowest BCUT2D eigenvalue weighted by Crippen LogP contribution is -2.46. The molecule has 0 spiro atoms. The van der Waals surface area contributed by atoms with Crippen molar-refractivity contribution < 1.29 is 18.4 Å². The lowest BCUT2D eigenvalue weighted by atomic mass is 9.86. The van der Waals surface area contributed by atoms with Crippen molar-refractivity contribution in [2.45, 2.75) is 13.3 Å². The minimum Gasteiger partial charge on any atom is -0.384 e. The van der Waals surface area contributed by atoms with Gasteiger partial charge < -0.3 is 24.4 Å². The normalized spacial score (nSPS) is 14.8. The van der Waals surface area contributed by atoms with Gasteiger partial charge in [0.1, 0.15) is 11.3 Å². The molecule has 1 aliphatic carbocycles. The molecule has 0 radical (unpaired) electrons. The van der Waals surface area contributed by atoms with E-state index in [1.807, 2.05) is 49.4 Å². The molecule has 6 rings (SSSR count). The number of ether oxygens (including phenoxy) is 1. The summed E-state index contributed by atoms with van der Waals surface area (Å²) in [5.41, 5.74) is 5.50. The second-order valence-corrected chi connectivity index (χ2v) is 9.36. The van der Waals surface area contributed by atoms with Crippen LogP contribution >= 0.6 is 0 Å². The quantitative estimate of drug-likeness (QED) is 0.288. The third-order valence-electron chi connectivity index (χ3n) is 7.18. The van der Waals surface area contributed by atoms with Crippen molar-refractivity contribution in [2.24, 2.45) is 0 Å². The summed E-state index contributed by atoms with van der Waals surface area (Å²) in [4.78, 5) is 18.2. The first-order valence-electron chi connectivity index (χ1n) is 12.8. The fourth-order valence-corrected chi connectivity index (χ4v) is 5.32. The number of aromatic nitrogens is 1. The Morgan fingerprint density at radius 2 is 1.76 bits per heavy atom. The van der Waals surface area contributed by atoms with Gasteiger partial charge >= 0.3 is 0 Å². The number of piperazine rings is 1. The number of halogens is 1. The van der Waals surface area contributed by atoms with Gasteiger partial charge in [0.05, 0.1) is 16.6 Å². The minimum absolute atomic E-state index is 0.0173. The van der Waals surface area contributed by atoms with Gasteiger partial charge in [0.15, 0.2) is 11.5 Å². The van der Waals surface area contributed by atoms with E-state index in [0.717, 1.165) is 60.6 Å². The van der Waals surface area contributed by atoms with Crippen molar-refractivity contribution in [1.82, 2.24) is 5.16 Å². The Kier molecular flexibility index (Phi) is 6.26. The zero-order valence-corrected chi connectivity index (χ0v) is 20.8. The summed E-state index contributed by atoms with van der Waals surface area (Å²) in [6.07, 6.45) is 0.832. The fraction of sp³-hybridized carbons (Fsp3) is 0.310. The molecule has 3 aromatic carbocycles. The van der Waals surface area contributed by atoms with E-state index in [1.54, 1.807) is 0 Å². The predicted molar refractivity (Wildman–Crippen MR) is 143 cm³/mol. The summed E-state index contributed by atoms with van der Waals surface area (Å²) < 4.78 is 24.8. The van der Waals surface area contributed by atoms with Gasteiger partial charge in [-0.3, -0.25) is 4.79 Å². The van der Waals surface area contributed by atoms with Crippen LogP contribution in [0.4, 0.5) is 21.5 Å². The number of hydrogen-bond donors (Lipinski definition) is 1. The van der Waals surface area contributed by atoms with Gasteiger partial charge in [-0.25, -0.2) is 4.39 Å². The maximum absolute atomic E-state index is 13.7. The number of ketones is 1. The molecule has 2 heterocycles. The molecule has 37 heavy (non-hydrogen) atoms. The number of nitrogens with one attached hydrogen (secondary N) is 1. The van der Waals surface area contributed by atoms with E-state index >= 15 is 0 Å². The van der Waals surface area contributed by atoms with Crippen molar-refractivity contribution in [1.29, 1.82) is 0 Å². The molecule has 0 unspecified atom stereocenters. The van der Waals surface area contributed by atoms with Crippen molar-refractivity contribution in [3.05, 3.63) is 71.5 Å². The third-order valence-corrected chi connectivity index (χ3v) is 7.18. The number of rotatable bonds is 8. The van der Waals surface area contributed by atoms with E-state index in [-0.39, 0.29) is 11.6 Å². The molecule has 1 aliphatic heterocycles. The van der Waals surface area contributed by atoms with Gasteiger partial charge in [0.25, 0.3) is 0 Å². The highest BCUT2D eigenvalue weighted by atomic mass is 19.1. The first-order valence-corrected chi connectivity index (χ1v) is 12.8.